The van der Waals surface area contributed by atoms with Crippen molar-refractivity contribution in [3.63, 3.8) is 0 Å². The second-order valence-electron chi connectivity index (χ2n) is 7.41. The van der Waals surface area contributed by atoms with Crippen molar-refractivity contribution in [3.05, 3.63) is 0 Å². The van der Waals surface area contributed by atoms with Crippen LogP contribution in [0.3, 0.4) is 0 Å². The average molecular weight is 340 g/mol. The summed E-state index contributed by atoms with van der Waals surface area (Å²) in [6.07, 6.45) is 21.0. The van der Waals surface area contributed by atoms with E-state index in [2.05, 4.69) is 12.2 Å². The summed E-state index contributed by atoms with van der Waals surface area (Å²) in [6, 6.07) is -0.0309. The summed E-state index contributed by atoms with van der Waals surface area (Å²) in [5, 5.41) is 3.18. The van der Waals surface area contributed by atoms with Crippen molar-refractivity contribution < 1.29 is 9.53 Å². The molecule has 0 aromatic carbocycles. The molecule has 142 valence electrons. The summed E-state index contributed by atoms with van der Waals surface area (Å²) in [4.78, 5) is 11.7. The maximum atomic E-state index is 11.7. The van der Waals surface area contributed by atoms with E-state index in [4.69, 9.17) is 4.74 Å². The van der Waals surface area contributed by atoms with E-state index in [1.54, 1.807) is 0 Å². The molecular weight excluding hydrogens is 298 g/mol. The highest BCUT2D eigenvalue weighted by Gasteiger charge is 2.22. The number of carbonyl (C=O) groups is 1. The number of hydrogen-bond acceptors (Lipinski definition) is 3. The summed E-state index contributed by atoms with van der Waals surface area (Å²) in [7, 11) is 0. The molecule has 1 fully saturated rings. The number of carbonyl (C=O) groups excluding carboxylic acids is 1. The van der Waals surface area contributed by atoms with Gasteiger partial charge in [0.25, 0.3) is 0 Å². The van der Waals surface area contributed by atoms with Crippen molar-refractivity contribution in [1.82, 2.24) is 5.32 Å². The normalized spacial score (nSPS) is 17.3. The van der Waals surface area contributed by atoms with Crippen molar-refractivity contribution in [2.45, 2.75) is 116 Å². The number of ether oxygens (including phenoxy) is 1. The van der Waals surface area contributed by atoms with Crippen molar-refractivity contribution in [1.29, 1.82) is 0 Å². The van der Waals surface area contributed by atoms with E-state index in [-0.39, 0.29) is 12.0 Å². The summed E-state index contributed by atoms with van der Waals surface area (Å²) in [5.74, 6) is -0.0396. The minimum Gasteiger partial charge on any atom is -0.465 e. The first-order valence-corrected chi connectivity index (χ1v) is 10.7. The smallest absolute Gasteiger partial charge is 0.323 e. The molecule has 1 saturated heterocycles. The summed E-state index contributed by atoms with van der Waals surface area (Å²) < 4.78 is 5.33. The SMILES string of the molecule is CCCCCCCCCCCCCCCCOC(=O)[C@H]1CCCN1. The number of rotatable bonds is 16. The Morgan fingerprint density at radius 1 is 0.833 bits per heavy atom. The number of esters is 1. The van der Waals surface area contributed by atoms with E-state index in [0.717, 1.165) is 25.8 Å². The van der Waals surface area contributed by atoms with Gasteiger partial charge in [-0.25, -0.2) is 0 Å². The van der Waals surface area contributed by atoms with Crippen molar-refractivity contribution in [2.75, 3.05) is 13.2 Å². The molecule has 0 aromatic rings. The molecule has 1 heterocycles. The van der Waals surface area contributed by atoms with Crippen LogP contribution in [0.5, 0.6) is 0 Å². The highest BCUT2D eigenvalue weighted by molar-refractivity contribution is 5.76. The van der Waals surface area contributed by atoms with Gasteiger partial charge in [-0.3, -0.25) is 4.79 Å². The highest BCUT2D eigenvalue weighted by atomic mass is 16.5. The van der Waals surface area contributed by atoms with E-state index in [9.17, 15) is 4.79 Å². The van der Waals surface area contributed by atoms with Crippen molar-refractivity contribution in [2.24, 2.45) is 0 Å². The molecule has 3 heteroatoms. The molecule has 1 rings (SSSR count). The van der Waals surface area contributed by atoms with Crippen LogP contribution in [0.25, 0.3) is 0 Å². The molecule has 0 aliphatic carbocycles. The van der Waals surface area contributed by atoms with Crippen LogP contribution >= 0.6 is 0 Å². The van der Waals surface area contributed by atoms with Gasteiger partial charge < -0.3 is 10.1 Å². The Morgan fingerprint density at radius 2 is 1.33 bits per heavy atom. The van der Waals surface area contributed by atoms with Gasteiger partial charge in [0.15, 0.2) is 0 Å². The third-order valence-electron chi connectivity index (χ3n) is 5.09. The molecule has 0 bridgehead atoms. The fraction of sp³-hybridized carbons (Fsp3) is 0.952. The molecule has 0 aromatic heterocycles. The lowest BCUT2D eigenvalue weighted by atomic mass is 10.0. The lowest BCUT2D eigenvalue weighted by Gasteiger charge is -2.10. The third-order valence-corrected chi connectivity index (χ3v) is 5.09. The standard InChI is InChI=1S/C21H41NO2/c1-2-3-4-5-6-7-8-9-10-11-12-13-14-15-19-24-21(23)20-17-16-18-22-20/h20,22H,2-19H2,1H3/t20-/m1/s1. The Labute approximate surface area is 150 Å². The van der Waals surface area contributed by atoms with Crippen LogP contribution in [0, 0.1) is 0 Å². The zero-order valence-corrected chi connectivity index (χ0v) is 16.1. The van der Waals surface area contributed by atoms with E-state index in [0.29, 0.717) is 6.61 Å². The van der Waals surface area contributed by atoms with Crippen LogP contribution in [0.4, 0.5) is 0 Å². The molecule has 1 aliphatic heterocycles. The molecular formula is C21H41NO2. The molecule has 0 radical (unpaired) electrons. The fourth-order valence-electron chi connectivity index (χ4n) is 3.46. The molecule has 1 atom stereocenters. The molecule has 0 unspecified atom stereocenters. The quantitative estimate of drug-likeness (QED) is 0.287. The van der Waals surface area contributed by atoms with E-state index < -0.39 is 0 Å². The molecule has 1 N–H and O–H groups in total. The minimum atomic E-state index is -0.0396. The van der Waals surface area contributed by atoms with Gasteiger partial charge in [-0.2, -0.15) is 0 Å². The second kappa shape index (κ2) is 15.9. The Kier molecular flexibility index (Phi) is 14.3. The summed E-state index contributed by atoms with van der Waals surface area (Å²) >= 11 is 0. The summed E-state index contributed by atoms with van der Waals surface area (Å²) in [6.45, 7) is 3.84. The molecule has 3 nitrogen and oxygen atoms in total. The first kappa shape index (κ1) is 21.5. The Morgan fingerprint density at radius 3 is 1.79 bits per heavy atom. The summed E-state index contributed by atoms with van der Waals surface area (Å²) in [5.41, 5.74) is 0. The average Bonchev–Trinajstić information content (AvgIpc) is 3.13. The van der Waals surface area contributed by atoms with Gasteiger partial charge in [-0.1, -0.05) is 90.4 Å². The molecule has 0 saturated carbocycles. The highest BCUT2D eigenvalue weighted by Crippen LogP contribution is 2.13. The number of hydrogen-bond donors (Lipinski definition) is 1. The molecule has 0 spiro atoms. The van der Waals surface area contributed by atoms with Crippen LogP contribution in [-0.4, -0.2) is 25.2 Å². The van der Waals surface area contributed by atoms with Crippen molar-refractivity contribution in [3.8, 4) is 0 Å². The van der Waals surface area contributed by atoms with Gasteiger partial charge in [-0.15, -0.1) is 0 Å². The van der Waals surface area contributed by atoms with E-state index >= 15 is 0 Å². The van der Waals surface area contributed by atoms with Gasteiger partial charge in [-0.05, 0) is 25.8 Å². The topological polar surface area (TPSA) is 38.3 Å². The van der Waals surface area contributed by atoms with Gasteiger partial charge in [0, 0.05) is 0 Å². The van der Waals surface area contributed by atoms with Gasteiger partial charge in [0.1, 0.15) is 6.04 Å². The minimum absolute atomic E-state index is 0.0309. The maximum Gasteiger partial charge on any atom is 0.323 e. The zero-order valence-electron chi connectivity index (χ0n) is 16.1. The predicted molar refractivity (Wildman–Crippen MR) is 102 cm³/mol. The monoisotopic (exact) mass is 339 g/mol. The Bertz CT molecular complexity index is 288. The fourth-order valence-corrected chi connectivity index (χ4v) is 3.46. The first-order chi connectivity index (χ1) is 11.8. The zero-order chi connectivity index (χ0) is 17.3. The Hall–Kier alpha value is -0.570. The molecule has 1 aliphatic rings. The third kappa shape index (κ3) is 11.9. The van der Waals surface area contributed by atoms with Crippen LogP contribution in [-0.2, 0) is 9.53 Å². The lowest BCUT2D eigenvalue weighted by Crippen LogP contribution is -2.32. The van der Waals surface area contributed by atoms with Crippen LogP contribution < -0.4 is 5.32 Å². The van der Waals surface area contributed by atoms with Gasteiger partial charge >= 0.3 is 5.97 Å². The van der Waals surface area contributed by atoms with Gasteiger partial charge in [0.2, 0.25) is 0 Å². The van der Waals surface area contributed by atoms with Crippen LogP contribution in [0.15, 0.2) is 0 Å². The molecule has 24 heavy (non-hydrogen) atoms. The first-order valence-electron chi connectivity index (χ1n) is 10.7. The largest absolute Gasteiger partial charge is 0.465 e. The predicted octanol–water partition coefficient (Wildman–Crippen LogP) is 5.76. The lowest BCUT2D eigenvalue weighted by molar-refractivity contribution is -0.145. The Balaban J connectivity index is 1.71. The maximum absolute atomic E-state index is 11.7. The second-order valence-corrected chi connectivity index (χ2v) is 7.41. The van der Waals surface area contributed by atoms with Gasteiger partial charge in [0.05, 0.1) is 6.61 Å². The molecule has 0 amide bonds. The number of nitrogens with one attached hydrogen (secondary N) is 1. The van der Waals surface area contributed by atoms with Crippen LogP contribution in [0.2, 0.25) is 0 Å². The van der Waals surface area contributed by atoms with E-state index in [1.165, 1.54) is 83.5 Å². The van der Waals surface area contributed by atoms with Crippen LogP contribution in [0.1, 0.15) is 110 Å². The number of unbranched alkanes of at least 4 members (excludes halogenated alkanes) is 13. The van der Waals surface area contributed by atoms with E-state index in [1.807, 2.05) is 0 Å². The van der Waals surface area contributed by atoms with Crippen molar-refractivity contribution >= 4 is 5.97 Å².